The van der Waals surface area contributed by atoms with Gasteiger partial charge in [0.15, 0.2) is 0 Å². The summed E-state index contributed by atoms with van der Waals surface area (Å²) in [5, 5.41) is 12.3. The first-order valence-electron chi connectivity index (χ1n) is 5.83. The number of halogens is 1. The Labute approximate surface area is 120 Å². The minimum atomic E-state index is -3.55. The van der Waals surface area contributed by atoms with E-state index >= 15 is 0 Å². The predicted molar refractivity (Wildman–Crippen MR) is 76.2 cm³/mol. The second-order valence-electron chi connectivity index (χ2n) is 4.55. The fourth-order valence-corrected chi connectivity index (χ4v) is 5.36. The summed E-state index contributed by atoms with van der Waals surface area (Å²) in [7, 11) is -3.55. The zero-order valence-electron chi connectivity index (χ0n) is 9.91. The minimum Gasteiger partial charge on any atom is -0.392 e. The highest BCUT2D eigenvalue weighted by molar-refractivity contribution is 7.89. The van der Waals surface area contributed by atoms with E-state index in [4.69, 9.17) is 11.6 Å². The molecule has 1 N–H and O–H groups in total. The number of fused-ring (bicyclic) bond motifs is 1. The minimum absolute atomic E-state index is 0.167. The number of thiophene rings is 1. The summed E-state index contributed by atoms with van der Waals surface area (Å²) in [6.07, 6.45) is -0.0783. The number of nitrogens with zero attached hydrogens (tertiary/aromatic N) is 1. The van der Waals surface area contributed by atoms with Crippen molar-refractivity contribution in [2.45, 2.75) is 17.4 Å². The Morgan fingerprint density at radius 1 is 1.42 bits per heavy atom. The number of hydrogen-bond acceptors (Lipinski definition) is 4. The van der Waals surface area contributed by atoms with Crippen molar-refractivity contribution in [3.8, 4) is 0 Å². The zero-order valence-corrected chi connectivity index (χ0v) is 12.3. The van der Waals surface area contributed by atoms with Gasteiger partial charge >= 0.3 is 0 Å². The fourth-order valence-electron chi connectivity index (χ4n) is 2.25. The van der Waals surface area contributed by atoms with Crippen molar-refractivity contribution in [3.63, 3.8) is 0 Å². The topological polar surface area (TPSA) is 57.6 Å². The van der Waals surface area contributed by atoms with Crippen LogP contribution >= 0.6 is 22.9 Å². The molecule has 102 valence electrons. The van der Waals surface area contributed by atoms with Crippen LogP contribution in [0.5, 0.6) is 0 Å². The molecular weight excluding hydrogens is 306 g/mol. The average Bonchev–Trinajstić information content (AvgIpc) is 2.95. The van der Waals surface area contributed by atoms with Gasteiger partial charge in [0.25, 0.3) is 0 Å². The largest absolute Gasteiger partial charge is 0.392 e. The first kappa shape index (κ1) is 13.3. The van der Waals surface area contributed by atoms with E-state index in [-0.39, 0.29) is 11.4 Å². The molecule has 1 saturated heterocycles. The van der Waals surface area contributed by atoms with Gasteiger partial charge in [0.05, 0.1) is 6.10 Å². The van der Waals surface area contributed by atoms with Crippen molar-refractivity contribution < 1.29 is 13.5 Å². The lowest BCUT2D eigenvalue weighted by Crippen LogP contribution is -2.29. The Bertz CT molecular complexity index is 726. The van der Waals surface area contributed by atoms with Gasteiger partial charge in [-0.3, -0.25) is 0 Å². The molecule has 0 amide bonds. The van der Waals surface area contributed by atoms with Crippen LogP contribution in [0, 0.1) is 0 Å². The molecule has 0 unspecified atom stereocenters. The highest BCUT2D eigenvalue weighted by Gasteiger charge is 2.33. The molecule has 2 heterocycles. The molecule has 0 saturated carbocycles. The van der Waals surface area contributed by atoms with Gasteiger partial charge in [-0.25, -0.2) is 8.42 Å². The lowest BCUT2D eigenvalue weighted by molar-refractivity contribution is 0.189. The van der Waals surface area contributed by atoms with Gasteiger partial charge in [0, 0.05) is 33.6 Å². The molecular formula is C12H12ClNO3S2. The Morgan fingerprint density at radius 2 is 2.21 bits per heavy atom. The van der Waals surface area contributed by atoms with Crippen LogP contribution in [0.3, 0.4) is 0 Å². The van der Waals surface area contributed by atoms with E-state index in [9.17, 15) is 13.5 Å². The van der Waals surface area contributed by atoms with E-state index in [0.29, 0.717) is 23.4 Å². The van der Waals surface area contributed by atoms with Gasteiger partial charge in [-0.2, -0.15) is 4.31 Å². The Balaban J connectivity index is 2.11. The van der Waals surface area contributed by atoms with Crippen LogP contribution in [0.4, 0.5) is 0 Å². The second-order valence-corrected chi connectivity index (χ2v) is 7.80. The number of rotatable bonds is 2. The molecule has 1 aliphatic rings. The summed E-state index contributed by atoms with van der Waals surface area (Å²) in [6.45, 7) is 0.529. The predicted octanol–water partition coefficient (Wildman–Crippen LogP) is 2.31. The first-order valence-corrected chi connectivity index (χ1v) is 8.53. The highest BCUT2D eigenvalue weighted by Crippen LogP contribution is 2.34. The first-order chi connectivity index (χ1) is 8.98. The third-order valence-corrected chi connectivity index (χ3v) is 6.50. The van der Waals surface area contributed by atoms with E-state index in [1.54, 1.807) is 17.5 Å². The summed E-state index contributed by atoms with van der Waals surface area (Å²) in [5.74, 6) is 0. The van der Waals surface area contributed by atoms with Crippen LogP contribution in [0.2, 0.25) is 5.02 Å². The van der Waals surface area contributed by atoms with Gasteiger partial charge in [-0.1, -0.05) is 11.6 Å². The van der Waals surface area contributed by atoms with Crippen LogP contribution in [-0.2, 0) is 10.0 Å². The summed E-state index contributed by atoms with van der Waals surface area (Å²) in [4.78, 5) is 0.282. The normalized spacial score (nSPS) is 21.3. The molecule has 4 nitrogen and oxygen atoms in total. The number of hydrogen-bond donors (Lipinski definition) is 1. The summed E-state index contributed by atoms with van der Waals surface area (Å²) in [5.41, 5.74) is 0. The summed E-state index contributed by atoms with van der Waals surface area (Å²) < 4.78 is 27.3. The number of aliphatic hydroxyl groups excluding tert-OH is 1. The van der Waals surface area contributed by atoms with Crippen molar-refractivity contribution in [3.05, 3.63) is 28.6 Å². The van der Waals surface area contributed by atoms with Crippen molar-refractivity contribution in [1.29, 1.82) is 0 Å². The molecule has 0 bridgehead atoms. The molecule has 0 spiro atoms. The van der Waals surface area contributed by atoms with Crippen molar-refractivity contribution >= 4 is 43.0 Å². The van der Waals surface area contributed by atoms with E-state index in [0.717, 1.165) is 4.70 Å². The van der Waals surface area contributed by atoms with Crippen LogP contribution < -0.4 is 0 Å². The zero-order chi connectivity index (χ0) is 13.6. The van der Waals surface area contributed by atoms with Crippen LogP contribution in [0.15, 0.2) is 28.5 Å². The molecule has 1 aromatic carbocycles. The standard InChI is InChI=1S/C12H12ClNO3S2/c13-8-1-2-11-10(5-8)12(7-18-11)19(16,17)14-4-3-9(15)6-14/h1-2,5,7,9,15H,3-4,6H2/t9-/m0/s1. The van der Waals surface area contributed by atoms with E-state index in [2.05, 4.69) is 0 Å². The Hall–Kier alpha value is -0.660. The molecule has 3 rings (SSSR count). The number of sulfonamides is 1. The van der Waals surface area contributed by atoms with E-state index < -0.39 is 16.1 Å². The Kier molecular flexibility index (Phi) is 3.31. The number of β-amino-alcohol motifs (C(OH)–C–C–N with tert-alkyl or cyclic N) is 1. The Morgan fingerprint density at radius 3 is 2.89 bits per heavy atom. The van der Waals surface area contributed by atoms with E-state index in [1.807, 2.05) is 6.07 Å². The molecule has 1 atom stereocenters. The van der Waals surface area contributed by atoms with Gasteiger partial charge in [0.1, 0.15) is 4.90 Å². The third-order valence-electron chi connectivity index (χ3n) is 3.24. The molecule has 0 aliphatic carbocycles. The maximum Gasteiger partial charge on any atom is 0.244 e. The van der Waals surface area contributed by atoms with E-state index in [1.165, 1.54) is 15.6 Å². The van der Waals surface area contributed by atoms with Crippen LogP contribution in [0.1, 0.15) is 6.42 Å². The molecule has 2 aromatic rings. The summed E-state index contributed by atoms with van der Waals surface area (Å²) >= 11 is 7.32. The lowest BCUT2D eigenvalue weighted by atomic mass is 10.3. The maximum atomic E-state index is 12.5. The van der Waals surface area contributed by atoms with Crippen LogP contribution in [-0.4, -0.2) is 37.0 Å². The monoisotopic (exact) mass is 317 g/mol. The fraction of sp³-hybridized carbons (Fsp3) is 0.333. The highest BCUT2D eigenvalue weighted by atomic mass is 35.5. The molecule has 0 radical (unpaired) electrons. The molecule has 1 fully saturated rings. The third kappa shape index (κ3) is 2.28. The lowest BCUT2D eigenvalue weighted by Gasteiger charge is -2.15. The number of aliphatic hydroxyl groups is 1. The second kappa shape index (κ2) is 4.71. The van der Waals surface area contributed by atoms with Crippen molar-refractivity contribution in [1.82, 2.24) is 4.31 Å². The van der Waals surface area contributed by atoms with Crippen LogP contribution in [0.25, 0.3) is 10.1 Å². The van der Waals surface area contributed by atoms with Crippen molar-refractivity contribution in [2.75, 3.05) is 13.1 Å². The van der Waals surface area contributed by atoms with Gasteiger partial charge in [-0.05, 0) is 24.6 Å². The molecule has 7 heteroatoms. The van der Waals surface area contributed by atoms with Crippen molar-refractivity contribution in [2.24, 2.45) is 0 Å². The van der Waals surface area contributed by atoms with Gasteiger partial charge in [0.2, 0.25) is 10.0 Å². The van der Waals surface area contributed by atoms with Gasteiger partial charge < -0.3 is 5.11 Å². The van der Waals surface area contributed by atoms with Gasteiger partial charge in [-0.15, -0.1) is 11.3 Å². The SMILES string of the molecule is O=S(=O)(c1csc2ccc(Cl)cc12)N1CC[C@H](O)C1. The molecule has 1 aliphatic heterocycles. The average molecular weight is 318 g/mol. The molecule has 19 heavy (non-hydrogen) atoms. The number of benzene rings is 1. The summed E-state index contributed by atoms with van der Waals surface area (Å²) in [6, 6.07) is 5.24. The maximum absolute atomic E-state index is 12.5. The quantitative estimate of drug-likeness (QED) is 0.924. The smallest absolute Gasteiger partial charge is 0.244 e. The molecule has 1 aromatic heterocycles.